The van der Waals surface area contributed by atoms with Crippen molar-refractivity contribution < 1.29 is 27.8 Å². The van der Waals surface area contributed by atoms with Crippen LogP contribution >= 0.6 is 0 Å². The molecule has 1 heterocycles. The highest BCUT2D eigenvalue weighted by atomic mass is 19.4. The number of anilines is 1. The van der Waals surface area contributed by atoms with Gasteiger partial charge in [-0.05, 0) is 41.8 Å². The third kappa shape index (κ3) is 5.28. The molecular weight excluding hydrogens is 397 g/mol. The van der Waals surface area contributed by atoms with Crippen molar-refractivity contribution in [2.45, 2.75) is 26.1 Å². The zero-order valence-electron chi connectivity index (χ0n) is 16.0. The van der Waals surface area contributed by atoms with Crippen molar-refractivity contribution >= 4 is 11.7 Å². The first kappa shape index (κ1) is 21.2. The Morgan fingerprint density at radius 2 is 1.77 bits per heavy atom. The van der Waals surface area contributed by atoms with Crippen LogP contribution in [0.1, 0.15) is 34.1 Å². The van der Waals surface area contributed by atoms with Crippen molar-refractivity contribution in [1.29, 1.82) is 0 Å². The molecule has 2 aromatic carbocycles. The number of aromatic nitrogens is 1. The van der Waals surface area contributed by atoms with Crippen molar-refractivity contribution in [3.63, 3.8) is 0 Å². The number of alkyl halides is 3. The third-order valence-electron chi connectivity index (χ3n) is 4.37. The number of pyridine rings is 1. The number of rotatable bonds is 7. The molecule has 0 saturated carbocycles. The molecule has 0 unspecified atom stereocenters. The van der Waals surface area contributed by atoms with Crippen LogP contribution in [0.2, 0.25) is 0 Å². The first-order valence-electron chi connectivity index (χ1n) is 9.17. The number of hydrogen-bond acceptors (Lipinski definition) is 4. The van der Waals surface area contributed by atoms with Crippen molar-refractivity contribution in [1.82, 2.24) is 4.98 Å². The first-order chi connectivity index (χ1) is 14.3. The number of benzene rings is 2. The Bertz CT molecular complexity index is 1030. The second-order valence-corrected chi connectivity index (χ2v) is 6.50. The number of carboxylic acid groups (broad SMARTS) is 1. The van der Waals surface area contributed by atoms with Crippen LogP contribution in [0.4, 0.5) is 18.9 Å². The zero-order valence-corrected chi connectivity index (χ0v) is 16.0. The minimum atomic E-state index is -4.51. The normalized spacial score (nSPS) is 11.2. The van der Waals surface area contributed by atoms with E-state index in [1.54, 1.807) is 0 Å². The molecule has 0 radical (unpaired) electrons. The molecule has 0 aliphatic rings. The van der Waals surface area contributed by atoms with E-state index in [0.717, 1.165) is 24.1 Å². The highest BCUT2D eigenvalue weighted by Gasteiger charge is 2.30. The molecule has 8 heteroatoms. The van der Waals surface area contributed by atoms with Gasteiger partial charge in [-0.1, -0.05) is 37.3 Å². The highest BCUT2D eigenvalue weighted by Crippen LogP contribution is 2.32. The quantitative estimate of drug-likeness (QED) is 0.512. The first-order valence-corrected chi connectivity index (χ1v) is 9.17. The molecule has 30 heavy (non-hydrogen) atoms. The summed E-state index contributed by atoms with van der Waals surface area (Å²) in [5, 5.41) is 12.5. The summed E-state index contributed by atoms with van der Waals surface area (Å²) in [6, 6.07) is 15.1. The average Bonchev–Trinajstić information content (AvgIpc) is 2.72. The lowest BCUT2D eigenvalue weighted by molar-refractivity contribution is -0.137. The largest absolute Gasteiger partial charge is 0.476 e. The minimum Gasteiger partial charge on any atom is -0.476 e. The Kier molecular flexibility index (Phi) is 6.25. The van der Waals surface area contributed by atoms with Gasteiger partial charge in [0.1, 0.15) is 5.75 Å². The predicted molar refractivity (Wildman–Crippen MR) is 106 cm³/mol. The molecule has 0 aliphatic heterocycles. The maximum Gasteiger partial charge on any atom is 0.416 e. The Balaban J connectivity index is 1.77. The van der Waals surface area contributed by atoms with E-state index in [-0.39, 0.29) is 23.0 Å². The molecule has 1 aromatic heterocycles. The minimum absolute atomic E-state index is 0.0922. The number of halogens is 3. The number of carbonyl (C=O) groups is 1. The van der Waals surface area contributed by atoms with Gasteiger partial charge >= 0.3 is 12.1 Å². The van der Waals surface area contributed by atoms with Crippen LogP contribution in [0.3, 0.4) is 0 Å². The lowest BCUT2D eigenvalue weighted by Crippen LogP contribution is -2.09. The van der Waals surface area contributed by atoms with E-state index in [1.165, 1.54) is 29.8 Å². The summed E-state index contributed by atoms with van der Waals surface area (Å²) in [7, 11) is 0. The highest BCUT2D eigenvalue weighted by molar-refractivity contribution is 5.92. The molecule has 0 aliphatic carbocycles. The summed E-state index contributed by atoms with van der Waals surface area (Å²) in [6.07, 6.45) is -3.59. The fourth-order valence-electron chi connectivity index (χ4n) is 2.75. The number of carboxylic acids is 1. The molecule has 0 atom stereocenters. The molecule has 0 bridgehead atoms. The summed E-state index contributed by atoms with van der Waals surface area (Å²) >= 11 is 0. The number of aromatic carboxylic acids is 1. The molecule has 2 N–H and O–H groups in total. The van der Waals surface area contributed by atoms with E-state index in [9.17, 15) is 23.1 Å². The van der Waals surface area contributed by atoms with Crippen LogP contribution < -0.4 is 10.1 Å². The van der Waals surface area contributed by atoms with Crippen molar-refractivity contribution in [2.24, 2.45) is 0 Å². The number of nitrogens with one attached hydrogen (secondary N) is 1. The summed E-state index contributed by atoms with van der Waals surface area (Å²) in [4.78, 5) is 15.5. The zero-order chi connectivity index (χ0) is 21.7. The average molecular weight is 416 g/mol. The number of aryl methyl sites for hydroxylation is 1. The SMILES string of the molecule is CCc1ccc(CNc2ccc(Oc3cccc(C(F)(F)F)c3)nc2C(=O)O)cc1. The molecule has 0 amide bonds. The number of nitrogens with zero attached hydrogens (tertiary/aromatic N) is 1. The van der Waals surface area contributed by atoms with Crippen molar-refractivity contribution in [3.05, 3.63) is 83.0 Å². The second kappa shape index (κ2) is 8.86. The predicted octanol–water partition coefficient (Wildman–Crippen LogP) is 5.77. The summed E-state index contributed by atoms with van der Waals surface area (Å²) in [5.74, 6) is -1.50. The Morgan fingerprint density at radius 1 is 1.07 bits per heavy atom. The lowest BCUT2D eigenvalue weighted by Gasteiger charge is -2.12. The van der Waals surface area contributed by atoms with Crippen molar-refractivity contribution in [3.8, 4) is 11.6 Å². The van der Waals surface area contributed by atoms with Crippen LogP contribution in [0.25, 0.3) is 0 Å². The fourth-order valence-corrected chi connectivity index (χ4v) is 2.75. The van der Waals surface area contributed by atoms with Gasteiger partial charge in [0.15, 0.2) is 5.69 Å². The van der Waals surface area contributed by atoms with Gasteiger partial charge in [0.2, 0.25) is 5.88 Å². The van der Waals surface area contributed by atoms with Gasteiger partial charge in [0, 0.05) is 12.6 Å². The van der Waals surface area contributed by atoms with Gasteiger partial charge in [0.25, 0.3) is 0 Å². The molecule has 3 rings (SSSR count). The van der Waals surface area contributed by atoms with Crippen LogP contribution in [0.5, 0.6) is 11.6 Å². The molecule has 0 fully saturated rings. The van der Waals surface area contributed by atoms with E-state index in [2.05, 4.69) is 17.2 Å². The van der Waals surface area contributed by atoms with Gasteiger partial charge in [-0.2, -0.15) is 13.2 Å². The van der Waals surface area contributed by atoms with Crippen LogP contribution in [0, 0.1) is 0 Å². The summed E-state index contributed by atoms with van der Waals surface area (Å²) in [5.41, 5.74) is 1.28. The maximum atomic E-state index is 12.8. The van der Waals surface area contributed by atoms with E-state index in [0.29, 0.717) is 6.54 Å². The van der Waals surface area contributed by atoms with Gasteiger partial charge in [0.05, 0.1) is 11.3 Å². The van der Waals surface area contributed by atoms with Gasteiger partial charge in [-0.15, -0.1) is 0 Å². The Morgan fingerprint density at radius 3 is 2.40 bits per heavy atom. The van der Waals surface area contributed by atoms with Crippen LogP contribution in [-0.2, 0) is 19.1 Å². The topological polar surface area (TPSA) is 71.5 Å². The van der Waals surface area contributed by atoms with Crippen LogP contribution in [0.15, 0.2) is 60.7 Å². The maximum absolute atomic E-state index is 12.8. The Hall–Kier alpha value is -3.55. The van der Waals surface area contributed by atoms with Crippen LogP contribution in [-0.4, -0.2) is 16.1 Å². The van der Waals surface area contributed by atoms with Gasteiger partial charge in [-0.25, -0.2) is 9.78 Å². The molecule has 156 valence electrons. The smallest absolute Gasteiger partial charge is 0.416 e. The molecule has 0 saturated heterocycles. The van der Waals surface area contributed by atoms with E-state index < -0.39 is 17.7 Å². The van der Waals surface area contributed by atoms with E-state index in [4.69, 9.17) is 4.74 Å². The number of hydrogen-bond donors (Lipinski definition) is 2. The standard InChI is InChI=1S/C22H19F3N2O3/c1-2-14-6-8-15(9-7-14)13-26-18-10-11-19(27-20(18)21(28)29)30-17-5-3-4-16(12-17)22(23,24)25/h3-12,26H,2,13H2,1H3,(H,28,29). The van der Waals surface area contributed by atoms with Gasteiger partial charge < -0.3 is 15.2 Å². The second-order valence-electron chi connectivity index (χ2n) is 6.50. The molecule has 0 spiro atoms. The number of ether oxygens (including phenoxy) is 1. The molecular formula is C22H19F3N2O3. The van der Waals surface area contributed by atoms with Crippen molar-refractivity contribution in [2.75, 3.05) is 5.32 Å². The van der Waals surface area contributed by atoms with E-state index in [1.807, 2.05) is 24.3 Å². The Labute approximate surface area is 171 Å². The van der Waals surface area contributed by atoms with Gasteiger partial charge in [-0.3, -0.25) is 0 Å². The monoisotopic (exact) mass is 416 g/mol. The summed E-state index contributed by atoms with van der Waals surface area (Å²) in [6.45, 7) is 2.45. The molecule has 5 nitrogen and oxygen atoms in total. The third-order valence-corrected chi connectivity index (χ3v) is 4.37. The van der Waals surface area contributed by atoms with E-state index >= 15 is 0 Å². The molecule has 3 aromatic rings. The lowest BCUT2D eigenvalue weighted by atomic mass is 10.1. The fraction of sp³-hybridized carbons (Fsp3) is 0.182. The summed E-state index contributed by atoms with van der Waals surface area (Å²) < 4.78 is 43.9.